The average molecular weight is 373 g/mol. The average Bonchev–Trinajstić information content (AvgIpc) is 3.31. The van der Waals surface area contributed by atoms with E-state index in [9.17, 15) is 9.59 Å². The Hall–Kier alpha value is -2.77. The lowest BCUT2D eigenvalue weighted by molar-refractivity contribution is -0.151. The normalized spacial score (nSPS) is 21.5. The summed E-state index contributed by atoms with van der Waals surface area (Å²) in [5, 5.41) is 4.00. The van der Waals surface area contributed by atoms with E-state index in [0.29, 0.717) is 31.8 Å². The molecule has 0 bridgehead atoms. The molecule has 1 unspecified atom stereocenters. The molecule has 1 fully saturated rings. The minimum absolute atomic E-state index is 0.0697. The first-order valence-electron chi connectivity index (χ1n) is 9.19. The van der Waals surface area contributed by atoms with Crippen molar-refractivity contribution in [2.45, 2.75) is 32.9 Å². The van der Waals surface area contributed by atoms with Gasteiger partial charge in [0.2, 0.25) is 18.8 Å². The fraction of sp³-hybridized carbons (Fsp3) is 0.526. The second-order valence-electron chi connectivity index (χ2n) is 7.30. The lowest BCUT2D eigenvalue weighted by Crippen LogP contribution is -2.54. The van der Waals surface area contributed by atoms with Crippen molar-refractivity contribution in [3.63, 3.8) is 0 Å². The van der Waals surface area contributed by atoms with Crippen molar-refractivity contribution < 1.29 is 23.9 Å². The second kappa shape index (κ2) is 7.09. The number of nitrogens with zero attached hydrogens (tertiary/aromatic N) is 3. The molecule has 1 atom stereocenters. The molecule has 0 spiro atoms. The summed E-state index contributed by atoms with van der Waals surface area (Å²) in [4.78, 5) is 33.8. The Bertz CT molecular complexity index is 792. The van der Waals surface area contributed by atoms with Gasteiger partial charge in [-0.05, 0) is 23.6 Å². The number of carbonyl (C=O) groups excluding carboxylic acids is 2. The van der Waals surface area contributed by atoms with E-state index in [0.717, 1.165) is 17.0 Å². The number of hydrogen-bond acceptors (Lipinski definition) is 6. The Morgan fingerprint density at radius 1 is 1.26 bits per heavy atom. The molecule has 27 heavy (non-hydrogen) atoms. The monoisotopic (exact) mass is 373 g/mol. The van der Waals surface area contributed by atoms with Gasteiger partial charge in [-0.2, -0.15) is 0 Å². The van der Waals surface area contributed by atoms with Crippen molar-refractivity contribution >= 4 is 17.5 Å². The van der Waals surface area contributed by atoms with Gasteiger partial charge in [0.05, 0.1) is 12.3 Å². The fourth-order valence-corrected chi connectivity index (χ4v) is 3.40. The molecule has 1 aromatic rings. The topological polar surface area (TPSA) is 80.7 Å². The maximum atomic E-state index is 12.6. The maximum Gasteiger partial charge on any atom is 0.267 e. The van der Waals surface area contributed by atoms with E-state index in [-0.39, 0.29) is 31.1 Å². The van der Waals surface area contributed by atoms with E-state index in [1.165, 1.54) is 0 Å². The Balaban J connectivity index is 1.33. The summed E-state index contributed by atoms with van der Waals surface area (Å²) in [6, 6.07) is 5.67. The van der Waals surface area contributed by atoms with Crippen molar-refractivity contribution in [1.82, 2.24) is 9.80 Å². The first kappa shape index (κ1) is 17.6. The number of carbonyl (C=O) groups is 2. The maximum absolute atomic E-state index is 12.6. The van der Waals surface area contributed by atoms with Crippen molar-refractivity contribution in [2.24, 2.45) is 11.1 Å². The van der Waals surface area contributed by atoms with E-state index in [4.69, 9.17) is 14.3 Å². The highest BCUT2D eigenvalue weighted by Gasteiger charge is 2.36. The molecule has 0 aliphatic carbocycles. The third-order valence-electron chi connectivity index (χ3n) is 5.07. The molecule has 4 rings (SSSR count). The SMILES string of the molecule is CC(C)C1=NOC(C(=O)N2CCN(Cc3ccc4c(c3)OCO4)C(=O)C2)C1. The molecule has 0 N–H and O–H groups in total. The molecule has 0 saturated carbocycles. The molecule has 8 heteroatoms. The van der Waals surface area contributed by atoms with Crippen LogP contribution in [0, 0.1) is 5.92 Å². The van der Waals surface area contributed by atoms with Gasteiger partial charge in [0.25, 0.3) is 5.91 Å². The number of benzene rings is 1. The van der Waals surface area contributed by atoms with Gasteiger partial charge in [0.1, 0.15) is 0 Å². The Kier molecular flexibility index (Phi) is 4.63. The molecule has 144 valence electrons. The summed E-state index contributed by atoms with van der Waals surface area (Å²) >= 11 is 0. The van der Waals surface area contributed by atoms with Crippen molar-refractivity contribution in [2.75, 3.05) is 26.4 Å². The van der Waals surface area contributed by atoms with Crippen LogP contribution >= 0.6 is 0 Å². The molecule has 0 aromatic heterocycles. The van der Waals surface area contributed by atoms with Crippen molar-refractivity contribution in [3.05, 3.63) is 23.8 Å². The van der Waals surface area contributed by atoms with Gasteiger partial charge < -0.3 is 24.1 Å². The quantitative estimate of drug-likeness (QED) is 0.797. The number of fused-ring (bicyclic) bond motifs is 1. The van der Waals surface area contributed by atoms with Crippen LogP contribution in [0.4, 0.5) is 0 Å². The van der Waals surface area contributed by atoms with E-state index in [1.807, 2.05) is 32.0 Å². The van der Waals surface area contributed by atoms with Crippen LogP contribution < -0.4 is 9.47 Å². The Morgan fingerprint density at radius 3 is 2.81 bits per heavy atom. The predicted octanol–water partition coefficient (Wildman–Crippen LogP) is 1.39. The van der Waals surface area contributed by atoms with Gasteiger partial charge in [-0.25, -0.2) is 0 Å². The fourth-order valence-electron chi connectivity index (χ4n) is 3.40. The lowest BCUT2D eigenvalue weighted by Gasteiger charge is -2.35. The van der Waals surface area contributed by atoms with Gasteiger partial charge >= 0.3 is 0 Å². The Labute approximate surface area is 157 Å². The van der Waals surface area contributed by atoms with Crippen LogP contribution in [0.15, 0.2) is 23.4 Å². The summed E-state index contributed by atoms with van der Waals surface area (Å²) in [6.07, 6.45) is -0.0992. The zero-order valence-electron chi connectivity index (χ0n) is 15.5. The summed E-state index contributed by atoms with van der Waals surface area (Å²) < 4.78 is 10.7. The van der Waals surface area contributed by atoms with Crippen LogP contribution in [-0.2, 0) is 21.0 Å². The smallest absolute Gasteiger partial charge is 0.267 e. The molecule has 1 aromatic carbocycles. The van der Waals surface area contributed by atoms with Gasteiger partial charge in [0, 0.05) is 26.1 Å². The van der Waals surface area contributed by atoms with Crippen molar-refractivity contribution in [3.8, 4) is 11.5 Å². The van der Waals surface area contributed by atoms with Crippen molar-refractivity contribution in [1.29, 1.82) is 0 Å². The highest BCUT2D eigenvalue weighted by atomic mass is 16.7. The molecule has 3 aliphatic heterocycles. The highest BCUT2D eigenvalue weighted by molar-refractivity contribution is 5.95. The lowest BCUT2D eigenvalue weighted by atomic mass is 10.0. The summed E-state index contributed by atoms with van der Waals surface area (Å²) in [6.45, 7) is 5.80. The van der Waals surface area contributed by atoms with Crippen LogP contribution in [-0.4, -0.2) is 59.9 Å². The van der Waals surface area contributed by atoms with E-state index in [2.05, 4.69) is 5.16 Å². The highest BCUT2D eigenvalue weighted by Crippen LogP contribution is 2.33. The van der Waals surface area contributed by atoms with Gasteiger partial charge in [0.15, 0.2) is 11.5 Å². The van der Waals surface area contributed by atoms with Crippen LogP contribution in [0.5, 0.6) is 11.5 Å². The third kappa shape index (κ3) is 3.56. The van der Waals surface area contributed by atoms with Gasteiger partial charge in [-0.3, -0.25) is 9.59 Å². The summed E-state index contributed by atoms with van der Waals surface area (Å²) in [7, 11) is 0. The minimum Gasteiger partial charge on any atom is -0.454 e. The number of amides is 2. The van der Waals surface area contributed by atoms with Crippen LogP contribution in [0.2, 0.25) is 0 Å². The summed E-state index contributed by atoms with van der Waals surface area (Å²) in [5.41, 5.74) is 1.86. The van der Waals surface area contributed by atoms with Crippen LogP contribution in [0.1, 0.15) is 25.8 Å². The van der Waals surface area contributed by atoms with Gasteiger partial charge in [-0.1, -0.05) is 25.1 Å². The molecule has 3 heterocycles. The number of hydrogen-bond donors (Lipinski definition) is 0. The number of rotatable bonds is 4. The second-order valence-corrected chi connectivity index (χ2v) is 7.30. The van der Waals surface area contributed by atoms with E-state index in [1.54, 1.807) is 9.80 Å². The molecular weight excluding hydrogens is 350 g/mol. The first-order valence-corrected chi connectivity index (χ1v) is 9.19. The molecule has 8 nitrogen and oxygen atoms in total. The molecule has 0 radical (unpaired) electrons. The summed E-state index contributed by atoms with van der Waals surface area (Å²) in [5.74, 6) is 1.44. The first-order chi connectivity index (χ1) is 13.0. The van der Waals surface area contributed by atoms with E-state index >= 15 is 0 Å². The molecular formula is C19H23N3O5. The molecule has 2 amide bonds. The molecule has 3 aliphatic rings. The number of piperazine rings is 1. The third-order valence-corrected chi connectivity index (χ3v) is 5.07. The van der Waals surface area contributed by atoms with Gasteiger partial charge in [-0.15, -0.1) is 0 Å². The number of oxime groups is 1. The predicted molar refractivity (Wildman–Crippen MR) is 96.3 cm³/mol. The largest absolute Gasteiger partial charge is 0.454 e. The van der Waals surface area contributed by atoms with Crippen LogP contribution in [0.25, 0.3) is 0 Å². The standard InChI is InChI=1S/C19H23N3O5/c1-12(2)14-8-17(27-20-14)19(24)22-6-5-21(18(23)10-22)9-13-3-4-15-16(7-13)26-11-25-15/h3-4,7,12,17H,5-6,8-11H2,1-2H3. The minimum atomic E-state index is -0.601. The number of ether oxygens (including phenoxy) is 2. The molecule has 1 saturated heterocycles. The zero-order chi connectivity index (χ0) is 19.0. The zero-order valence-corrected chi connectivity index (χ0v) is 15.5. The van der Waals surface area contributed by atoms with Crippen LogP contribution in [0.3, 0.4) is 0 Å². The van der Waals surface area contributed by atoms with E-state index < -0.39 is 6.10 Å². The Morgan fingerprint density at radius 2 is 2.07 bits per heavy atom.